The Bertz CT molecular complexity index is 913. The monoisotopic (exact) mass is 400 g/mol. The number of urea groups is 1. The smallest absolute Gasteiger partial charge is 0.325 e. The molecule has 0 spiro atoms. The van der Waals surface area contributed by atoms with Gasteiger partial charge in [-0.3, -0.25) is 10.1 Å². The third-order valence-electron chi connectivity index (χ3n) is 3.55. The second kappa shape index (κ2) is 9.16. The van der Waals surface area contributed by atoms with Gasteiger partial charge < -0.3 is 10.6 Å². The summed E-state index contributed by atoms with van der Waals surface area (Å²) >= 11 is 7.07. The molecular weight excluding hydrogens is 384 g/mol. The predicted octanol–water partition coefficient (Wildman–Crippen LogP) is 4.30. The minimum Gasteiger partial charge on any atom is -0.352 e. The Morgan fingerprint density at radius 2 is 1.74 bits per heavy atom. The first kappa shape index (κ1) is 18.9. The van der Waals surface area contributed by atoms with Crippen molar-refractivity contribution in [1.29, 1.82) is 0 Å². The highest BCUT2D eigenvalue weighted by Crippen LogP contribution is 2.17. The highest BCUT2D eigenvalue weighted by molar-refractivity contribution is 7.14. The lowest BCUT2D eigenvalue weighted by atomic mass is 10.2. The van der Waals surface area contributed by atoms with Crippen LogP contribution >= 0.6 is 22.9 Å². The molecule has 0 aliphatic rings. The van der Waals surface area contributed by atoms with Crippen molar-refractivity contribution in [2.45, 2.75) is 13.0 Å². The molecule has 8 heteroatoms. The lowest BCUT2D eigenvalue weighted by Crippen LogP contribution is -2.24. The fraction of sp³-hybridized carbons (Fsp3) is 0.105. The SMILES string of the molecule is O=C(Cc1csc(NC(=O)Nc2ccc(Cl)cc2)n1)NCc1ccccc1. The first-order valence-electron chi connectivity index (χ1n) is 8.17. The molecule has 0 bridgehead atoms. The summed E-state index contributed by atoms with van der Waals surface area (Å²) in [6.45, 7) is 0.471. The maximum atomic E-state index is 12.0. The molecule has 1 aromatic heterocycles. The van der Waals surface area contributed by atoms with Crippen LogP contribution in [-0.2, 0) is 17.8 Å². The van der Waals surface area contributed by atoms with Gasteiger partial charge >= 0.3 is 6.03 Å². The van der Waals surface area contributed by atoms with Gasteiger partial charge in [0.25, 0.3) is 0 Å². The van der Waals surface area contributed by atoms with Crippen LogP contribution in [0.4, 0.5) is 15.6 Å². The van der Waals surface area contributed by atoms with E-state index in [4.69, 9.17) is 11.6 Å². The van der Waals surface area contributed by atoms with Crippen molar-refractivity contribution >= 4 is 45.7 Å². The topological polar surface area (TPSA) is 83.1 Å². The van der Waals surface area contributed by atoms with E-state index in [2.05, 4.69) is 20.9 Å². The first-order valence-corrected chi connectivity index (χ1v) is 9.43. The van der Waals surface area contributed by atoms with Crippen molar-refractivity contribution < 1.29 is 9.59 Å². The molecule has 0 aliphatic heterocycles. The second-order valence-electron chi connectivity index (χ2n) is 5.67. The average Bonchev–Trinajstić information content (AvgIpc) is 3.09. The first-order chi connectivity index (χ1) is 13.1. The number of nitrogens with zero attached hydrogens (tertiary/aromatic N) is 1. The molecule has 1 heterocycles. The lowest BCUT2D eigenvalue weighted by molar-refractivity contribution is -0.120. The maximum Gasteiger partial charge on any atom is 0.325 e. The molecule has 0 saturated carbocycles. The zero-order valence-electron chi connectivity index (χ0n) is 14.2. The summed E-state index contributed by atoms with van der Waals surface area (Å²) in [5.74, 6) is -0.124. The van der Waals surface area contributed by atoms with Gasteiger partial charge in [-0.25, -0.2) is 9.78 Å². The number of hydrogen-bond donors (Lipinski definition) is 3. The molecule has 0 unspecified atom stereocenters. The number of benzene rings is 2. The number of thiazole rings is 1. The van der Waals surface area contributed by atoms with E-state index >= 15 is 0 Å². The van der Waals surface area contributed by atoms with Crippen molar-refractivity contribution in [2.24, 2.45) is 0 Å². The quantitative estimate of drug-likeness (QED) is 0.576. The third-order valence-corrected chi connectivity index (χ3v) is 4.61. The number of carbonyl (C=O) groups excluding carboxylic acids is 2. The van der Waals surface area contributed by atoms with E-state index < -0.39 is 6.03 Å². The zero-order valence-corrected chi connectivity index (χ0v) is 15.8. The molecule has 138 valence electrons. The number of carbonyl (C=O) groups is 2. The maximum absolute atomic E-state index is 12.0. The van der Waals surface area contributed by atoms with Crippen LogP contribution in [0.2, 0.25) is 5.02 Å². The predicted molar refractivity (Wildman–Crippen MR) is 108 cm³/mol. The third kappa shape index (κ3) is 6.09. The molecule has 3 amide bonds. The number of aromatic nitrogens is 1. The molecule has 0 saturated heterocycles. The van der Waals surface area contributed by atoms with Crippen molar-refractivity contribution in [3.05, 3.63) is 76.3 Å². The van der Waals surface area contributed by atoms with Crippen LogP contribution in [-0.4, -0.2) is 16.9 Å². The minimum atomic E-state index is -0.410. The summed E-state index contributed by atoms with van der Waals surface area (Å²) in [4.78, 5) is 28.3. The fourth-order valence-corrected chi connectivity index (χ4v) is 3.09. The Labute approximate surface area is 165 Å². The van der Waals surface area contributed by atoms with Gasteiger partial charge in [-0.15, -0.1) is 11.3 Å². The summed E-state index contributed by atoms with van der Waals surface area (Å²) in [6, 6.07) is 16.0. The van der Waals surface area contributed by atoms with Crippen LogP contribution in [0, 0.1) is 0 Å². The van der Waals surface area contributed by atoms with Crippen LogP contribution < -0.4 is 16.0 Å². The molecule has 27 heavy (non-hydrogen) atoms. The van der Waals surface area contributed by atoms with E-state index in [1.165, 1.54) is 11.3 Å². The van der Waals surface area contributed by atoms with Gasteiger partial charge in [0.15, 0.2) is 5.13 Å². The zero-order chi connectivity index (χ0) is 19.1. The summed E-state index contributed by atoms with van der Waals surface area (Å²) in [5.41, 5.74) is 2.26. The summed E-state index contributed by atoms with van der Waals surface area (Å²) in [6.07, 6.45) is 0.157. The number of hydrogen-bond acceptors (Lipinski definition) is 4. The van der Waals surface area contributed by atoms with E-state index in [0.29, 0.717) is 28.1 Å². The number of nitrogens with one attached hydrogen (secondary N) is 3. The van der Waals surface area contributed by atoms with E-state index in [0.717, 1.165) is 5.56 Å². The van der Waals surface area contributed by atoms with Gasteiger partial charge in [-0.05, 0) is 29.8 Å². The Balaban J connectivity index is 1.46. The summed E-state index contributed by atoms with van der Waals surface area (Å²) in [5, 5.41) is 11.0. The molecular formula is C19H17ClN4O2S. The summed E-state index contributed by atoms with van der Waals surface area (Å²) in [7, 11) is 0. The molecule has 2 aromatic carbocycles. The van der Waals surface area contributed by atoms with E-state index in [1.807, 2.05) is 30.3 Å². The van der Waals surface area contributed by atoms with Gasteiger partial charge in [0.05, 0.1) is 12.1 Å². The van der Waals surface area contributed by atoms with Crippen LogP contribution in [0.25, 0.3) is 0 Å². The van der Waals surface area contributed by atoms with E-state index in [9.17, 15) is 9.59 Å². The van der Waals surface area contributed by atoms with Crippen LogP contribution in [0.5, 0.6) is 0 Å². The van der Waals surface area contributed by atoms with Gasteiger partial charge in [0.1, 0.15) is 0 Å². The Hall–Kier alpha value is -2.90. The molecule has 0 radical (unpaired) electrons. The Morgan fingerprint density at radius 3 is 2.48 bits per heavy atom. The van der Waals surface area contributed by atoms with Gasteiger partial charge in [-0.2, -0.15) is 0 Å². The molecule has 0 atom stereocenters. The lowest BCUT2D eigenvalue weighted by Gasteiger charge is -2.05. The number of rotatable bonds is 6. The van der Waals surface area contributed by atoms with Gasteiger partial charge in [-0.1, -0.05) is 41.9 Å². The number of anilines is 2. The second-order valence-corrected chi connectivity index (χ2v) is 6.96. The van der Waals surface area contributed by atoms with Crippen molar-refractivity contribution in [1.82, 2.24) is 10.3 Å². The van der Waals surface area contributed by atoms with Crippen LogP contribution in [0.15, 0.2) is 60.0 Å². The van der Waals surface area contributed by atoms with Crippen LogP contribution in [0.1, 0.15) is 11.3 Å². The summed E-state index contributed by atoms with van der Waals surface area (Å²) < 4.78 is 0. The molecule has 0 fully saturated rings. The van der Waals surface area contributed by atoms with E-state index in [1.54, 1.807) is 29.6 Å². The van der Waals surface area contributed by atoms with Crippen molar-refractivity contribution in [3.8, 4) is 0 Å². The Kier molecular flexibility index (Phi) is 6.40. The highest BCUT2D eigenvalue weighted by Gasteiger charge is 2.10. The van der Waals surface area contributed by atoms with Crippen molar-refractivity contribution in [3.63, 3.8) is 0 Å². The minimum absolute atomic E-state index is 0.124. The number of halogens is 1. The molecule has 3 aromatic rings. The molecule has 3 rings (SSSR count). The van der Waals surface area contributed by atoms with E-state index in [-0.39, 0.29) is 12.3 Å². The Morgan fingerprint density at radius 1 is 1.00 bits per heavy atom. The molecule has 0 aliphatic carbocycles. The van der Waals surface area contributed by atoms with Gasteiger partial charge in [0, 0.05) is 22.6 Å². The van der Waals surface area contributed by atoms with Crippen LogP contribution in [0.3, 0.4) is 0 Å². The normalized spacial score (nSPS) is 10.3. The standard InChI is InChI=1S/C19H17ClN4O2S/c20-14-6-8-15(9-7-14)22-18(26)24-19-23-16(12-27-19)10-17(25)21-11-13-4-2-1-3-5-13/h1-9,12H,10-11H2,(H,21,25)(H2,22,23,24,26). The highest BCUT2D eigenvalue weighted by atomic mass is 35.5. The fourth-order valence-electron chi connectivity index (χ4n) is 2.26. The number of amides is 3. The molecule has 6 nitrogen and oxygen atoms in total. The molecule has 3 N–H and O–H groups in total. The van der Waals surface area contributed by atoms with Crippen molar-refractivity contribution in [2.75, 3.05) is 10.6 Å². The largest absolute Gasteiger partial charge is 0.352 e. The van der Waals surface area contributed by atoms with Gasteiger partial charge in [0.2, 0.25) is 5.91 Å². The average molecular weight is 401 g/mol.